The molecule has 24 heavy (non-hydrogen) atoms. The van der Waals surface area contributed by atoms with Crippen LogP contribution in [0.3, 0.4) is 0 Å². The number of nitrogens with one attached hydrogen (secondary N) is 2. The Morgan fingerprint density at radius 1 is 1.42 bits per heavy atom. The minimum absolute atomic E-state index is 0.0205. The lowest BCUT2D eigenvalue weighted by molar-refractivity contribution is -0.116. The van der Waals surface area contributed by atoms with E-state index in [9.17, 15) is 9.59 Å². The summed E-state index contributed by atoms with van der Waals surface area (Å²) in [6, 6.07) is 1.69. The van der Waals surface area contributed by atoms with Gasteiger partial charge < -0.3 is 15.0 Å². The van der Waals surface area contributed by atoms with Crippen molar-refractivity contribution in [3.8, 4) is 11.3 Å². The minimum atomic E-state index is -0.420. The molecule has 6 nitrogen and oxygen atoms in total. The molecule has 0 aliphatic heterocycles. The van der Waals surface area contributed by atoms with Gasteiger partial charge in [0.05, 0.1) is 12.8 Å². The van der Waals surface area contributed by atoms with Crippen LogP contribution in [0.15, 0.2) is 17.6 Å². The molecule has 1 amide bonds. The molecule has 0 atom stereocenters. The Morgan fingerprint density at radius 3 is 2.96 bits per heavy atom. The first-order chi connectivity index (χ1) is 11.7. The Bertz CT molecular complexity index is 716. The summed E-state index contributed by atoms with van der Waals surface area (Å²) >= 11 is 1.38. The minimum Gasteiger partial charge on any atom is -0.464 e. The number of hydrogen-bond donors (Lipinski definition) is 2. The molecule has 128 valence electrons. The molecule has 2 aromatic heterocycles. The first kappa shape index (κ1) is 16.7. The van der Waals surface area contributed by atoms with E-state index in [4.69, 9.17) is 0 Å². The highest BCUT2D eigenvalue weighted by atomic mass is 32.1. The zero-order valence-corrected chi connectivity index (χ0v) is 14.4. The monoisotopic (exact) mass is 347 g/mol. The third-order valence-electron chi connectivity index (χ3n) is 4.39. The quantitative estimate of drug-likeness (QED) is 0.778. The van der Waals surface area contributed by atoms with Crippen molar-refractivity contribution in [3.05, 3.63) is 23.3 Å². The molecule has 0 radical (unpaired) electrons. The van der Waals surface area contributed by atoms with Crippen LogP contribution in [0, 0.1) is 5.92 Å². The SMILES string of the molecule is COC(=O)c1cc(-c2csc(NC(=O)CCC3CCCC3)n2)c[nH]1. The van der Waals surface area contributed by atoms with Crippen molar-refractivity contribution < 1.29 is 14.3 Å². The molecular formula is C17H21N3O3S. The number of amides is 1. The van der Waals surface area contributed by atoms with Gasteiger partial charge in [0.2, 0.25) is 5.91 Å². The second-order valence-corrected chi connectivity index (χ2v) is 6.93. The maximum atomic E-state index is 12.0. The van der Waals surface area contributed by atoms with Gasteiger partial charge in [-0.25, -0.2) is 9.78 Å². The smallest absolute Gasteiger partial charge is 0.354 e. The van der Waals surface area contributed by atoms with Crippen molar-refractivity contribution in [2.75, 3.05) is 12.4 Å². The van der Waals surface area contributed by atoms with E-state index in [1.54, 1.807) is 12.3 Å². The zero-order valence-electron chi connectivity index (χ0n) is 13.6. The molecule has 3 rings (SSSR count). The van der Waals surface area contributed by atoms with Crippen molar-refractivity contribution in [3.63, 3.8) is 0 Å². The Labute approximate surface area is 144 Å². The van der Waals surface area contributed by atoms with E-state index in [0.29, 0.717) is 23.2 Å². The largest absolute Gasteiger partial charge is 0.464 e. The molecule has 7 heteroatoms. The van der Waals surface area contributed by atoms with Gasteiger partial charge in [0.25, 0.3) is 0 Å². The topological polar surface area (TPSA) is 84.1 Å². The van der Waals surface area contributed by atoms with Crippen LogP contribution >= 0.6 is 11.3 Å². The first-order valence-corrected chi connectivity index (χ1v) is 9.06. The van der Waals surface area contributed by atoms with E-state index in [1.165, 1.54) is 44.1 Å². The number of methoxy groups -OCH3 is 1. The average molecular weight is 347 g/mol. The number of H-pyrrole nitrogens is 1. The van der Waals surface area contributed by atoms with E-state index in [0.717, 1.165) is 17.7 Å². The van der Waals surface area contributed by atoms with Crippen molar-refractivity contribution in [2.24, 2.45) is 5.92 Å². The molecule has 0 aromatic carbocycles. The number of hydrogen-bond acceptors (Lipinski definition) is 5. The Hall–Kier alpha value is -2.15. The van der Waals surface area contributed by atoms with Gasteiger partial charge in [-0.15, -0.1) is 11.3 Å². The fourth-order valence-electron chi connectivity index (χ4n) is 3.05. The summed E-state index contributed by atoms with van der Waals surface area (Å²) in [6.07, 6.45) is 8.32. The number of rotatable bonds is 6. The molecule has 2 aromatic rings. The number of aromatic amines is 1. The van der Waals surface area contributed by atoms with Crippen molar-refractivity contribution >= 4 is 28.3 Å². The van der Waals surface area contributed by atoms with Crippen molar-refractivity contribution in [2.45, 2.75) is 38.5 Å². The zero-order chi connectivity index (χ0) is 16.9. The maximum Gasteiger partial charge on any atom is 0.354 e. The van der Waals surface area contributed by atoms with E-state index >= 15 is 0 Å². The fourth-order valence-corrected chi connectivity index (χ4v) is 3.79. The number of ether oxygens (including phenoxy) is 1. The normalized spacial score (nSPS) is 14.7. The van der Waals surface area contributed by atoms with Gasteiger partial charge in [0.1, 0.15) is 5.69 Å². The summed E-state index contributed by atoms with van der Waals surface area (Å²) in [6.45, 7) is 0. The van der Waals surface area contributed by atoms with Crippen molar-refractivity contribution in [1.82, 2.24) is 9.97 Å². The Kier molecular flexibility index (Phi) is 5.30. The first-order valence-electron chi connectivity index (χ1n) is 8.18. The molecule has 2 N–H and O–H groups in total. The number of nitrogens with zero attached hydrogens (tertiary/aromatic N) is 1. The van der Waals surface area contributed by atoms with Crippen LogP contribution in [0.25, 0.3) is 11.3 Å². The molecule has 1 aliphatic carbocycles. The number of carbonyl (C=O) groups excluding carboxylic acids is 2. The van der Waals surface area contributed by atoms with E-state index < -0.39 is 5.97 Å². The van der Waals surface area contributed by atoms with Gasteiger partial charge in [0.15, 0.2) is 5.13 Å². The lowest BCUT2D eigenvalue weighted by Gasteiger charge is -2.07. The molecule has 1 saturated carbocycles. The standard InChI is InChI=1S/C17H21N3O3S/c1-23-16(22)13-8-12(9-18-13)14-10-24-17(19-14)20-15(21)7-6-11-4-2-3-5-11/h8-11,18H,2-7H2,1H3,(H,19,20,21). The summed E-state index contributed by atoms with van der Waals surface area (Å²) in [4.78, 5) is 30.8. The van der Waals surface area contributed by atoms with Crippen LogP contribution in [-0.4, -0.2) is 29.0 Å². The molecule has 0 saturated heterocycles. The highest BCUT2D eigenvalue weighted by Crippen LogP contribution is 2.29. The molecule has 0 bridgehead atoms. The lowest BCUT2D eigenvalue weighted by atomic mass is 10.0. The molecule has 2 heterocycles. The van der Waals surface area contributed by atoms with E-state index in [2.05, 4.69) is 20.0 Å². The van der Waals surface area contributed by atoms with Gasteiger partial charge in [-0.2, -0.15) is 0 Å². The average Bonchev–Trinajstić information content (AvgIpc) is 3.32. The van der Waals surface area contributed by atoms with Crippen LogP contribution in [0.4, 0.5) is 5.13 Å². The molecule has 0 unspecified atom stereocenters. The third-order valence-corrected chi connectivity index (χ3v) is 5.15. The van der Waals surface area contributed by atoms with Gasteiger partial charge in [0, 0.05) is 23.6 Å². The van der Waals surface area contributed by atoms with Crippen LogP contribution in [0.2, 0.25) is 0 Å². The maximum absolute atomic E-state index is 12.0. The second-order valence-electron chi connectivity index (χ2n) is 6.07. The Balaban J connectivity index is 1.55. The second kappa shape index (κ2) is 7.61. The summed E-state index contributed by atoms with van der Waals surface area (Å²) in [5, 5.41) is 5.31. The summed E-state index contributed by atoms with van der Waals surface area (Å²) in [5.41, 5.74) is 1.89. The molecular weight excluding hydrogens is 326 g/mol. The lowest BCUT2D eigenvalue weighted by Crippen LogP contribution is -2.12. The Morgan fingerprint density at radius 2 is 2.21 bits per heavy atom. The van der Waals surface area contributed by atoms with E-state index in [-0.39, 0.29) is 5.91 Å². The molecule has 1 aliphatic rings. The predicted octanol–water partition coefficient (Wildman–Crippen LogP) is 3.83. The number of carbonyl (C=O) groups is 2. The van der Waals surface area contributed by atoms with Gasteiger partial charge >= 0.3 is 5.97 Å². The molecule has 0 spiro atoms. The summed E-state index contributed by atoms with van der Waals surface area (Å²) in [5.74, 6) is 0.309. The summed E-state index contributed by atoms with van der Waals surface area (Å²) < 4.78 is 4.67. The molecule has 1 fully saturated rings. The summed E-state index contributed by atoms with van der Waals surface area (Å²) in [7, 11) is 1.34. The highest BCUT2D eigenvalue weighted by molar-refractivity contribution is 7.14. The van der Waals surface area contributed by atoms with Gasteiger partial charge in [-0.1, -0.05) is 25.7 Å². The van der Waals surface area contributed by atoms with Crippen LogP contribution in [0.1, 0.15) is 49.0 Å². The highest BCUT2D eigenvalue weighted by Gasteiger charge is 2.17. The third kappa shape index (κ3) is 4.03. The van der Waals surface area contributed by atoms with Gasteiger partial charge in [-0.05, 0) is 18.4 Å². The van der Waals surface area contributed by atoms with Crippen LogP contribution in [-0.2, 0) is 9.53 Å². The van der Waals surface area contributed by atoms with Gasteiger partial charge in [-0.3, -0.25) is 4.79 Å². The number of esters is 1. The van der Waals surface area contributed by atoms with Crippen LogP contribution < -0.4 is 5.32 Å². The van der Waals surface area contributed by atoms with Crippen LogP contribution in [0.5, 0.6) is 0 Å². The number of thiazole rings is 1. The predicted molar refractivity (Wildman–Crippen MR) is 93.1 cm³/mol. The van der Waals surface area contributed by atoms with E-state index in [1.807, 2.05) is 5.38 Å². The number of anilines is 1. The van der Waals surface area contributed by atoms with Crippen molar-refractivity contribution in [1.29, 1.82) is 0 Å². The fraction of sp³-hybridized carbons (Fsp3) is 0.471. The number of aromatic nitrogens is 2.